The number of nitrogens with one attached hydrogen (secondary N) is 5. The van der Waals surface area contributed by atoms with E-state index in [1.807, 2.05) is 52.3 Å². The van der Waals surface area contributed by atoms with Crippen LogP contribution in [0.1, 0.15) is 70.3 Å². The maximum atomic E-state index is 13.8. The lowest BCUT2D eigenvalue weighted by Crippen LogP contribution is -2.51. The molecule has 0 spiro atoms. The standard InChI is InChI=1S/C50H73N9O15/c1-33(60)29-56-18-20-57(21-23-59(32-45(66)67)25-24-58(22-19-56)31-44(64)65)30-42(61)52-28-34-9-13-37(14-10-34)46(68)53-41(27-35-11-12-36-6-2-3-7-38(36)26-35)47(69)51-17-5-4-8-39(48(70)71)54-50(74)55-40(49(72)73)15-16-43(62)63/h2-3,6-7,11-12,26,34,37,39-41H,4-5,8-10,13-25,27-32H2,1H3,(H,51,69)(H,52,61)(H,53,68)(H,62,63)(H,64,65)(H,66,67)(H,70,71)(H,72,73)(H2,54,55,74)/t34?,37?,39-,40-,41?/m0/s1. The predicted octanol–water partition coefficient (Wildman–Crippen LogP) is 0.126. The highest BCUT2D eigenvalue weighted by atomic mass is 16.4. The minimum absolute atomic E-state index is 0.0342. The number of hydrogen-bond donors (Lipinski definition) is 10. The average Bonchev–Trinajstić information content (AvgIpc) is 3.34. The first kappa shape index (κ1) is 59.8. The zero-order chi connectivity index (χ0) is 54.2. The molecule has 4 rings (SSSR count). The fourth-order valence-electron chi connectivity index (χ4n) is 9.10. The summed E-state index contributed by atoms with van der Waals surface area (Å²) in [6.45, 7) is 4.62. The van der Waals surface area contributed by atoms with Crippen molar-refractivity contribution in [2.75, 3.05) is 91.6 Å². The maximum Gasteiger partial charge on any atom is 0.326 e. The molecule has 2 aliphatic rings. The van der Waals surface area contributed by atoms with E-state index in [9.17, 15) is 68.4 Å². The van der Waals surface area contributed by atoms with Crippen LogP contribution in [-0.4, -0.2) is 214 Å². The number of nitrogens with zero attached hydrogens (tertiary/aromatic N) is 4. The van der Waals surface area contributed by atoms with Gasteiger partial charge in [0.05, 0.1) is 26.2 Å². The summed E-state index contributed by atoms with van der Waals surface area (Å²) in [5.74, 6) is -7.45. The van der Waals surface area contributed by atoms with Crippen LogP contribution in [0.4, 0.5) is 4.79 Å². The van der Waals surface area contributed by atoms with Crippen LogP contribution in [0.15, 0.2) is 42.5 Å². The number of rotatable bonds is 27. The molecule has 74 heavy (non-hydrogen) atoms. The van der Waals surface area contributed by atoms with Crippen molar-refractivity contribution >= 4 is 70.2 Å². The van der Waals surface area contributed by atoms with Crippen LogP contribution >= 0.6 is 0 Å². The van der Waals surface area contributed by atoms with Crippen LogP contribution in [0.3, 0.4) is 0 Å². The van der Waals surface area contributed by atoms with Gasteiger partial charge in [0.2, 0.25) is 17.7 Å². The number of carboxylic acids is 5. The van der Waals surface area contributed by atoms with Crippen LogP contribution in [0, 0.1) is 11.8 Å². The van der Waals surface area contributed by atoms with Crippen LogP contribution in [0.25, 0.3) is 10.8 Å². The monoisotopic (exact) mass is 1040 g/mol. The summed E-state index contributed by atoms with van der Waals surface area (Å²) < 4.78 is 0. The number of aliphatic carboxylic acids is 5. The van der Waals surface area contributed by atoms with Crippen LogP contribution < -0.4 is 26.6 Å². The first-order valence-electron chi connectivity index (χ1n) is 25.1. The SMILES string of the molecule is CC(=O)CN1CCN(CC(=O)O)CCN(CC(=O)O)CCN(CC(=O)NCC2CCC(C(=O)NC(Cc3ccc4ccccc4c3)C(=O)NCCCC[C@H](NC(=O)N[C@@H](CCC(=O)O)C(=O)O)C(=O)O)CC2)CC1. The molecular formula is C50H73N9O15. The molecule has 408 valence electrons. The largest absolute Gasteiger partial charge is 0.481 e. The second kappa shape index (κ2) is 31.1. The highest BCUT2D eigenvalue weighted by molar-refractivity contribution is 5.90. The second-order valence-electron chi connectivity index (χ2n) is 19.2. The second-order valence-corrected chi connectivity index (χ2v) is 19.2. The van der Waals surface area contributed by atoms with E-state index >= 15 is 0 Å². The van der Waals surface area contributed by atoms with E-state index < -0.39 is 72.8 Å². The summed E-state index contributed by atoms with van der Waals surface area (Å²) in [7, 11) is 0. The third kappa shape index (κ3) is 22.6. The molecule has 0 aromatic heterocycles. The topological polar surface area (TPSA) is 345 Å². The third-order valence-electron chi connectivity index (χ3n) is 13.2. The van der Waals surface area contributed by atoms with Crippen molar-refractivity contribution in [1.82, 2.24) is 46.2 Å². The van der Waals surface area contributed by atoms with Crippen molar-refractivity contribution in [3.05, 3.63) is 48.0 Å². The molecule has 10 N–H and O–H groups in total. The molecule has 0 bridgehead atoms. The van der Waals surface area contributed by atoms with Gasteiger partial charge in [-0.25, -0.2) is 14.4 Å². The highest BCUT2D eigenvalue weighted by Gasteiger charge is 2.31. The Kier molecular flexibility index (Phi) is 25.1. The first-order valence-corrected chi connectivity index (χ1v) is 25.1. The van der Waals surface area contributed by atoms with Gasteiger partial charge in [-0.3, -0.25) is 53.2 Å². The molecule has 1 heterocycles. The number of Topliss-reactive ketones (excluding diaryl/α,β-unsaturated/α-hetero) is 1. The summed E-state index contributed by atoms with van der Waals surface area (Å²) in [5.41, 5.74) is 0.813. The van der Waals surface area contributed by atoms with E-state index in [1.54, 1.807) is 9.80 Å². The van der Waals surface area contributed by atoms with Crippen LogP contribution in [-0.2, 0) is 49.6 Å². The zero-order valence-electron chi connectivity index (χ0n) is 42.0. The van der Waals surface area contributed by atoms with Crippen molar-refractivity contribution in [2.24, 2.45) is 11.8 Å². The number of ketones is 1. The molecule has 3 atom stereocenters. The van der Waals surface area contributed by atoms with E-state index in [4.69, 9.17) is 5.11 Å². The highest BCUT2D eigenvalue weighted by Crippen LogP contribution is 2.29. The van der Waals surface area contributed by atoms with Gasteiger partial charge < -0.3 is 52.1 Å². The number of fused-ring (bicyclic) bond motifs is 1. The van der Waals surface area contributed by atoms with Crippen molar-refractivity contribution < 1.29 is 73.5 Å². The average molecular weight is 1040 g/mol. The van der Waals surface area contributed by atoms with E-state index in [2.05, 4.69) is 26.6 Å². The molecule has 1 aliphatic carbocycles. The van der Waals surface area contributed by atoms with E-state index in [0.717, 1.165) is 16.3 Å². The Morgan fingerprint density at radius 3 is 1.62 bits per heavy atom. The van der Waals surface area contributed by atoms with Crippen LogP contribution in [0.2, 0.25) is 0 Å². The lowest BCUT2D eigenvalue weighted by Gasteiger charge is -2.33. The van der Waals surface area contributed by atoms with Gasteiger partial charge in [-0.1, -0.05) is 42.5 Å². The van der Waals surface area contributed by atoms with Gasteiger partial charge in [0.25, 0.3) is 0 Å². The molecule has 1 unspecified atom stereocenters. The van der Waals surface area contributed by atoms with E-state index in [1.165, 1.54) is 6.92 Å². The number of benzene rings is 2. The van der Waals surface area contributed by atoms with Gasteiger partial charge in [0.15, 0.2) is 0 Å². The van der Waals surface area contributed by atoms with Crippen molar-refractivity contribution in [2.45, 2.75) is 89.3 Å². The summed E-state index contributed by atoms with van der Waals surface area (Å²) in [5, 5.41) is 62.0. The molecule has 24 nitrogen and oxygen atoms in total. The predicted molar refractivity (Wildman–Crippen MR) is 268 cm³/mol. The molecule has 0 radical (unpaired) electrons. The summed E-state index contributed by atoms with van der Waals surface area (Å²) in [6.07, 6.45) is 2.05. The number of carbonyl (C=O) groups is 10. The number of amides is 5. The first-order chi connectivity index (χ1) is 35.2. The molecule has 1 saturated carbocycles. The summed E-state index contributed by atoms with van der Waals surface area (Å²) in [6, 6.07) is 8.52. The Labute approximate surface area is 429 Å². The minimum atomic E-state index is -1.55. The lowest BCUT2D eigenvalue weighted by atomic mass is 9.81. The normalized spacial score (nSPS) is 18.8. The quantitative estimate of drug-likeness (QED) is 0.0532. The van der Waals surface area contributed by atoms with Gasteiger partial charge in [-0.05, 0) is 80.5 Å². The maximum absolute atomic E-state index is 13.8. The Balaban J connectivity index is 1.30. The molecule has 1 aliphatic heterocycles. The molecule has 2 aromatic carbocycles. The molecule has 24 heteroatoms. The lowest BCUT2D eigenvalue weighted by molar-refractivity contribution is -0.141. The van der Waals surface area contributed by atoms with Gasteiger partial charge in [0.1, 0.15) is 23.9 Å². The van der Waals surface area contributed by atoms with Gasteiger partial charge in [-0.2, -0.15) is 0 Å². The number of unbranched alkanes of at least 4 members (excludes halogenated alkanes) is 1. The van der Waals surface area contributed by atoms with E-state index in [-0.39, 0.29) is 81.4 Å². The molecule has 5 amide bonds. The molecular weight excluding hydrogens is 967 g/mol. The molecule has 2 aromatic rings. The summed E-state index contributed by atoms with van der Waals surface area (Å²) in [4.78, 5) is 130. The molecule has 1 saturated heterocycles. The van der Waals surface area contributed by atoms with Gasteiger partial charge >= 0.3 is 35.9 Å². The number of carbonyl (C=O) groups excluding carboxylic acids is 5. The Morgan fingerprint density at radius 1 is 0.568 bits per heavy atom. The summed E-state index contributed by atoms with van der Waals surface area (Å²) >= 11 is 0. The molecule has 2 fully saturated rings. The van der Waals surface area contributed by atoms with Crippen molar-refractivity contribution in [3.63, 3.8) is 0 Å². The Bertz CT molecular complexity index is 2230. The fourth-order valence-corrected chi connectivity index (χ4v) is 9.10. The zero-order valence-corrected chi connectivity index (χ0v) is 42.0. The third-order valence-corrected chi connectivity index (χ3v) is 13.2. The minimum Gasteiger partial charge on any atom is -0.481 e. The number of urea groups is 1. The van der Waals surface area contributed by atoms with E-state index in [0.29, 0.717) is 91.0 Å². The Morgan fingerprint density at radius 2 is 1.09 bits per heavy atom. The van der Waals surface area contributed by atoms with Crippen LogP contribution in [0.5, 0.6) is 0 Å². The van der Waals surface area contributed by atoms with Crippen molar-refractivity contribution in [1.29, 1.82) is 0 Å². The van der Waals surface area contributed by atoms with Crippen molar-refractivity contribution in [3.8, 4) is 0 Å². The van der Waals surface area contributed by atoms with Gasteiger partial charge in [-0.15, -0.1) is 0 Å². The van der Waals surface area contributed by atoms with Gasteiger partial charge in [0, 0.05) is 84.2 Å². The number of hydrogen-bond acceptors (Lipinski definition) is 14. The number of carboxylic acid groups (broad SMARTS) is 5. The fraction of sp³-hybridized carbons (Fsp3) is 0.600. The Hall–Kier alpha value is -6.76. The smallest absolute Gasteiger partial charge is 0.326 e.